The number of nitro groups is 1. The van der Waals surface area contributed by atoms with E-state index in [1.165, 1.54) is 18.2 Å². The molecule has 1 aliphatic heterocycles. The van der Waals surface area contributed by atoms with Gasteiger partial charge in [-0.05, 0) is 44.9 Å². The van der Waals surface area contributed by atoms with E-state index in [0.29, 0.717) is 30.6 Å². The van der Waals surface area contributed by atoms with E-state index in [4.69, 9.17) is 5.11 Å². The Labute approximate surface area is 146 Å². The first-order valence-corrected chi connectivity index (χ1v) is 8.26. The predicted molar refractivity (Wildman–Crippen MR) is 91.6 cm³/mol. The number of aryl methyl sites for hydroxylation is 1. The molecule has 2 rings (SSSR count). The first-order valence-electron chi connectivity index (χ1n) is 8.26. The summed E-state index contributed by atoms with van der Waals surface area (Å²) in [4.78, 5) is 37.5. The SMILES string of the molecule is Cc1cc([N+](=O)[O-])ccc1C(=O)N1CCCC(N(C)CC(=O)O)CC1. The van der Waals surface area contributed by atoms with Crippen LogP contribution in [0.3, 0.4) is 0 Å². The van der Waals surface area contributed by atoms with Crippen LogP contribution >= 0.6 is 0 Å². The number of non-ortho nitro benzene ring substituents is 1. The molecular weight excluding hydrogens is 326 g/mol. The molecule has 1 unspecified atom stereocenters. The second-order valence-corrected chi connectivity index (χ2v) is 6.44. The zero-order valence-electron chi connectivity index (χ0n) is 14.5. The lowest BCUT2D eigenvalue weighted by molar-refractivity contribution is -0.384. The largest absolute Gasteiger partial charge is 0.480 e. The van der Waals surface area contributed by atoms with Crippen LogP contribution in [0.15, 0.2) is 18.2 Å². The summed E-state index contributed by atoms with van der Waals surface area (Å²) in [6.45, 7) is 2.83. The molecule has 0 radical (unpaired) electrons. The lowest BCUT2D eigenvalue weighted by atomic mass is 10.1. The van der Waals surface area contributed by atoms with E-state index < -0.39 is 10.9 Å². The maximum Gasteiger partial charge on any atom is 0.317 e. The molecule has 0 saturated carbocycles. The number of carboxylic acid groups (broad SMARTS) is 1. The summed E-state index contributed by atoms with van der Waals surface area (Å²) in [5.41, 5.74) is 1.03. The maximum atomic E-state index is 12.8. The van der Waals surface area contributed by atoms with Gasteiger partial charge >= 0.3 is 5.97 Å². The molecule has 8 nitrogen and oxygen atoms in total. The third-order valence-corrected chi connectivity index (χ3v) is 4.64. The number of benzene rings is 1. The Morgan fingerprint density at radius 3 is 2.68 bits per heavy atom. The van der Waals surface area contributed by atoms with Gasteiger partial charge in [0.1, 0.15) is 0 Å². The summed E-state index contributed by atoms with van der Waals surface area (Å²) in [5.74, 6) is -0.991. The Balaban J connectivity index is 2.06. The summed E-state index contributed by atoms with van der Waals surface area (Å²) in [7, 11) is 1.79. The van der Waals surface area contributed by atoms with Crippen molar-refractivity contribution in [2.45, 2.75) is 32.2 Å². The number of nitro benzene ring substituents is 1. The normalized spacial score (nSPS) is 18.0. The van der Waals surface area contributed by atoms with Gasteiger partial charge in [0.05, 0.1) is 11.5 Å². The van der Waals surface area contributed by atoms with Crippen LogP contribution in [0, 0.1) is 17.0 Å². The fourth-order valence-corrected chi connectivity index (χ4v) is 3.24. The number of carbonyl (C=O) groups is 2. The molecule has 1 aromatic rings. The zero-order valence-corrected chi connectivity index (χ0v) is 14.5. The van der Waals surface area contributed by atoms with Gasteiger partial charge in [-0.25, -0.2) is 0 Å². The van der Waals surface area contributed by atoms with E-state index in [1.54, 1.807) is 18.9 Å². The highest BCUT2D eigenvalue weighted by atomic mass is 16.6. The Morgan fingerprint density at radius 2 is 2.08 bits per heavy atom. The van der Waals surface area contributed by atoms with Crippen molar-refractivity contribution in [1.29, 1.82) is 0 Å². The van der Waals surface area contributed by atoms with E-state index in [1.807, 2.05) is 4.90 Å². The van der Waals surface area contributed by atoms with E-state index in [0.717, 1.165) is 12.8 Å². The molecule has 0 aliphatic carbocycles. The number of amides is 1. The highest BCUT2D eigenvalue weighted by molar-refractivity contribution is 5.96. The number of nitrogens with zero attached hydrogens (tertiary/aromatic N) is 3. The van der Waals surface area contributed by atoms with Gasteiger partial charge in [-0.1, -0.05) is 0 Å². The summed E-state index contributed by atoms with van der Waals surface area (Å²) in [6.07, 6.45) is 2.35. The van der Waals surface area contributed by atoms with Crippen LogP contribution < -0.4 is 0 Å². The summed E-state index contributed by atoms with van der Waals surface area (Å²) >= 11 is 0. The first-order chi connectivity index (χ1) is 11.8. The number of aliphatic carboxylic acids is 1. The van der Waals surface area contributed by atoms with Gasteiger partial charge in [0, 0.05) is 36.8 Å². The van der Waals surface area contributed by atoms with Crippen molar-refractivity contribution in [3.8, 4) is 0 Å². The Kier molecular flexibility index (Phi) is 6.08. The van der Waals surface area contributed by atoms with Gasteiger partial charge in [-0.2, -0.15) is 0 Å². The van der Waals surface area contributed by atoms with Crippen molar-refractivity contribution in [3.63, 3.8) is 0 Å². The van der Waals surface area contributed by atoms with Crippen molar-refractivity contribution in [2.75, 3.05) is 26.7 Å². The molecule has 1 saturated heterocycles. The van der Waals surface area contributed by atoms with Gasteiger partial charge in [0.25, 0.3) is 11.6 Å². The molecule has 25 heavy (non-hydrogen) atoms. The highest BCUT2D eigenvalue weighted by Gasteiger charge is 2.25. The minimum absolute atomic E-state index is 0.0138. The molecule has 1 atom stereocenters. The smallest absolute Gasteiger partial charge is 0.317 e. The minimum Gasteiger partial charge on any atom is -0.480 e. The number of likely N-dealkylation sites (N-methyl/N-ethyl adjacent to an activating group) is 1. The van der Waals surface area contributed by atoms with Crippen LogP contribution in [0.5, 0.6) is 0 Å². The van der Waals surface area contributed by atoms with E-state index in [-0.39, 0.29) is 24.2 Å². The van der Waals surface area contributed by atoms with E-state index >= 15 is 0 Å². The molecular formula is C17H23N3O5. The van der Waals surface area contributed by atoms with Gasteiger partial charge in [0.15, 0.2) is 0 Å². The molecule has 1 heterocycles. The number of likely N-dealkylation sites (tertiary alicyclic amines) is 1. The maximum absolute atomic E-state index is 12.8. The molecule has 136 valence electrons. The molecule has 1 amide bonds. The van der Waals surface area contributed by atoms with Crippen LogP contribution in [0.2, 0.25) is 0 Å². The average Bonchev–Trinajstić information content (AvgIpc) is 2.79. The zero-order chi connectivity index (χ0) is 18.6. The third-order valence-electron chi connectivity index (χ3n) is 4.64. The van der Waals surface area contributed by atoms with Gasteiger partial charge in [0.2, 0.25) is 0 Å². The quantitative estimate of drug-likeness (QED) is 0.643. The molecule has 1 N–H and O–H groups in total. The van der Waals surface area contributed by atoms with Crippen LogP contribution in [-0.4, -0.2) is 64.4 Å². The van der Waals surface area contributed by atoms with Crippen molar-refractivity contribution in [1.82, 2.24) is 9.80 Å². The molecule has 1 aromatic carbocycles. The van der Waals surface area contributed by atoms with E-state index in [9.17, 15) is 19.7 Å². The third kappa shape index (κ3) is 4.76. The fourth-order valence-electron chi connectivity index (χ4n) is 3.24. The second kappa shape index (κ2) is 8.06. The van der Waals surface area contributed by atoms with Crippen LogP contribution in [0.4, 0.5) is 5.69 Å². The van der Waals surface area contributed by atoms with Crippen molar-refractivity contribution >= 4 is 17.6 Å². The fraction of sp³-hybridized carbons (Fsp3) is 0.529. The number of hydrogen-bond donors (Lipinski definition) is 1. The first kappa shape index (κ1) is 18.9. The topological polar surface area (TPSA) is 104 Å². The van der Waals surface area contributed by atoms with Gasteiger partial charge in [-0.15, -0.1) is 0 Å². The lowest BCUT2D eigenvalue weighted by Crippen LogP contribution is -2.37. The Hall–Kier alpha value is -2.48. The molecule has 0 bridgehead atoms. The van der Waals surface area contributed by atoms with E-state index in [2.05, 4.69) is 0 Å². The standard InChI is InChI=1S/C17H23N3O5/c1-12-10-14(20(24)25)5-6-15(12)17(23)19-8-3-4-13(7-9-19)18(2)11-16(21)22/h5-6,10,13H,3-4,7-9,11H2,1-2H3,(H,21,22). The number of carbonyl (C=O) groups excluding carboxylic acids is 1. The molecule has 0 spiro atoms. The van der Waals surface area contributed by atoms with Crippen molar-refractivity contribution in [3.05, 3.63) is 39.4 Å². The van der Waals surface area contributed by atoms with Gasteiger partial charge < -0.3 is 10.0 Å². The summed E-state index contributed by atoms with van der Waals surface area (Å²) < 4.78 is 0. The number of rotatable bonds is 5. The highest BCUT2D eigenvalue weighted by Crippen LogP contribution is 2.21. The van der Waals surface area contributed by atoms with Crippen LogP contribution in [0.25, 0.3) is 0 Å². The molecule has 0 aromatic heterocycles. The molecule has 1 aliphatic rings. The molecule has 8 heteroatoms. The van der Waals surface area contributed by atoms with Crippen LogP contribution in [0.1, 0.15) is 35.2 Å². The van der Waals surface area contributed by atoms with Crippen LogP contribution in [-0.2, 0) is 4.79 Å². The monoisotopic (exact) mass is 349 g/mol. The molecule has 1 fully saturated rings. The van der Waals surface area contributed by atoms with Crippen molar-refractivity contribution < 1.29 is 19.6 Å². The Morgan fingerprint density at radius 1 is 1.36 bits per heavy atom. The number of hydrogen-bond acceptors (Lipinski definition) is 5. The summed E-state index contributed by atoms with van der Waals surface area (Å²) in [5, 5.41) is 19.7. The van der Waals surface area contributed by atoms with Crippen molar-refractivity contribution in [2.24, 2.45) is 0 Å². The average molecular weight is 349 g/mol. The van der Waals surface area contributed by atoms with Gasteiger partial charge in [-0.3, -0.25) is 24.6 Å². The Bertz CT molecular complexity index is 676. The minimum atomic E-state index is -0.860. The number of carboxylic acids is 1. The second-order valence-electron chi connectivity index (χ2n) is 6.44. The predicted octanol–water partition coefficient (Wildman–Crippen LogP) is 1.91. The summed E-state index contributed by atoms with van der Waals surface area (Å²) in [6, 6.07) is 4.40. The lowest BCUT2D eigenvalue weighted by Gasteiger charge is -2.25.